The van der Waals surface area contributed by atoms with Crippen LogP contribution < -0.4 is 5.73 Å². The molecule has 0 aliphatic heterocycles. The van der Waals surface area contributed by atoms with Gasteiger partial charge in [0.25, 0.3) is 0 Å². The maximum Gasteiger partial charge on any atom is 0.131 e. The highest BCUT2D eigenvalue weighted by Gasteiger charge is 2.41. The van der Waals surface area contributed by atoms with Gasteiger partial charge in [0.2, 0.25) is 0 Å². The summed E-state index contributed by atoms with van der Waals surface area (Å²) < 4.78 is 27.4. The third kappa shape index (κ3) is 2.58. The second-order valence-corrected chi connectivity index (χ2v) is 5.87. The zero-order valence-corrected chi connectivity index (χ0v) is 11.9. The van der Waals surface area contributed by atoms with Gasteiger partial charge in [-0.15, -0.1) is 0 Å². The fraction of sp³-hybridized carbons (Fsp3) is 0.333. The fourth-order valence-corrected chi connectivity index (χ4v) is 3.54. The van der Waals surface area contributed by atoms with E-state index in [4.69, 9.17) is 5.73 Å². The monoisotopic (exact) mass is 287 g/mol. The largest absolute Gasteiger partial charge is 0.321 e. The van der Waals surface area contributed by atoms with E-state index in [1.165, 1.54) is 12.1 Å². The van der Waals surface area contributed by atoms with E-state index in [-0.39, 0.29) is 5.92 Å². The predicted molar refractivity (Wildman–Crippen MR) is 79.9 cm³/mol. The van der Waals surface area contributed by atoms with Crippen LogP contribution in [0.5, 0.6) is 0 Å². The van der Waals surface area contributed by atoms with Gasteiger partial charge in [-0.05, 0) is 24.5 Å². The van der Waals surface area contributed by atoms with E-state index in [2.05, 4.69) is 0 Å². The molecule has 0 bridgehead atoms. The van der Waals surface area contributed by atoms with Crippen LogP contribution in [0.25, 0.3) is 0 Å². The summed E-state index contributed by atoms with van der Waals surface area (Å²) in [6, 6.07) is 13.7. The summed E-state index contributed by atoms with van der Waals surface area (Å²) in [5.41, 5.74) is 7.43. The van der Waals surface area contributed by atoms with Crippen LogP contribution in [0.2, 0.25) is 0 Å². The highest BCUT2D eigenvalue weighted by atomic mass is 19.1. The molecule has 0 spiro atoms. The van der Waals surface area contributed by atoms with Gasteiger partial charge < -0.3 is 5.73 Å². The van der Waals surface area contributed by atoms with Crippen molar-refractivity contribution < 1.29 is 8.78 Å². The molecule has 1 saturated carbocycles. The fourth-order valence-electron chi connectivity index (χ4n) is 3.54. The Kier molecular flexibility index (Phi) is 3.77. The van der Waals surface area contributed by atoms with Crippen molar-refractivity contribution in [2.24, 2.45) is 5.73 Å². The van der Waals surface area contributed by atoms with Crippen LogP contribution in [0.3, 0.4) is 0 Å². The molecule has 2 atom stereocenters. The number of nitrogens with two attached hydrogens (primary N) is 1. The van der Waals surface area contributed by atoms with Gasteiger partial charge in [0.1, 0.15) is 11.6 Å². The van der Waals surface area contributed by atoms with E-state index in [0.717, 1.165) is 37.3 Å². The Morgan fingerprint density at radius 3 is 2.48 bits per heavy atom. The van der Waals surface area contributed by atoms with Gasteiger partial charge in [0.15, 0.2) is 0 Å². The molecule has 21 heavy (non-hydrogen) atoms. The molecule has 0 amide bonds. The van der Waals surface area contributed by atoms with E-state index < -0.39 is 17.2 Å². The highest BCUT2D eigenvalue weighted by molar-refractivity contribution is 5.34. The zero-order chi connectivity index (χ0) is 14.9. The number of hydrogen-bond donors (Lipinski definition) is 1. The van der Waals surface area contributed by atoms with Crippen LogP contribution in [-0.4, -0.2) is 0 Å². The quantitative estimate of drug-likeness (QED) is 0.866. The zero-order valence-electron chi connectivity index (χ0n) is 11.9. The van der Waals surface area contributed by atoms with Crippen molar-refractivity contribution in [3.05, 3.63) is 71.3 Å². The van der Waals surface area contributed by atoms with Crippen molar-refractivity contribution in [1.29, 1.82) is 0 Å². The van der Waals surface area contributed by atoms with Crippen molar-refractivity contribution >= 4 is 0 Å². The van der Waals surface area contributed by atoms with Gasteiger partial charge in [-0.1, -0.05) is 49.2 Å². The van der Waals surface area contributed by atoms with Crippen LogP contribution in [0.4, 0.5) is 8.78 Å². The van der Waals surface area contributed by atoms with Gasteiger partial charge in [-0.3, -0.25) is 0 Å². The predicted octanol–water partition coefficient (Wildman–Crippen LogP) is 4.48. The molecular formula is C18H19F2N. The van der Waals surface area contributed by atoms with Crippen LogP contribution in [0.15, 0.2) is 48.5 Å². The Bertz CT molecular complexity index is 626. The molecule has 0 heterocycles. The first-order valence-electron chi connectivity index (χ1n) is 7.40. The van der Waals surface area contributed by atoms with Crippen LogP contribution in [0, 0.1) is 11.6 Å². The van der Waals surface area contributed by atoms with Crippen molar-refractivity contribution in [2.45, 2.75) is 37.1 Å². The Hall–Kier alpha value is -1.74. The molecule has 2 unspecified atom stereocenters. The Morgan fingerprint density at radius 2 is 1.76 bits per heavy atom. The summed E-state index contributed by atoms with van der Waals surface area (Å²) >= 11 is 0. The second-order valence-electron chi connectivity index (χ2n) is 5.87. The van der Waals surface area contributed by atoms with Gasteiger partial charge in [-0.2, -0.15) is 0 Å². The highest BCUT2D eigenvalue weighted by Crippen LogP contribution is 2.46. The average Bonchev–Trinajstić information content (AvgIpc) is 2.48. The number of halogens is 2. The molecular weight excluding hydrogens is 268 g/mol. The lowest BCUT2D eigenvalue weighted by atomic mass is 9.67. The third-order valence-corrected chi connectivity index (χ3v) is 4.59. The van der Waals surface area contributed by atoms with Gasteiger partial charge in [-0.25, -0.2) is 8.78 Å². The molecule has 1 nitrogen and oxygen atoms in total. The summed E-state index contributed by atoms with van der Waals surface area (Å²) in [6.45, 7) is 0. The summed E-state index contributed by atoms with van der Waals surface area (Å²) in [4.78, 5) is 0. The Balaban J connectivity index is 2.07. The summed E-state index contributed by atoms with van der Waals surface area (Å²) in [5, 5.41) is 0. The summed E-state index contributed by atoms with van der Waals surface area (Å²) in [7, 11) is 0. The van der Waals surface area contributed by atoms with E-state index in [0.29, 0.717) is 5.56 Å². The number of benzene rings is 2. The van der Waals surface area contributed by atoms with Crippen molar-refractivity contribution in [2.75, 3.05) is 0 Å². The van der Waals surface area contributed by atoms with Crippen molar-refractivity contribution in [3.8, 4) is 0 Å². The molecule has 1 aliphatic carbocycles. The van der Waals surface area contributed by atoms with E-state index in [1.54, 1.807) is 0 Å². The van der Waals surface area contributed by atoms with Crippen LogP contribution in [-0.2, 0) is 5.54 Å². The smallest absolute Gasteiger partial charge is 0.131 e. The number of rotatable bonds is 2. The lowest BCUT2D eigenvalue weighted by molar-refractivity contribution is 0.247. The molecule has 1 aliphatic rings. The van der Waals surface area contributed by atoms with Crippen molar-refractivity contribution in [3.63, 3.8) is 0 Å². The normalized spacial score (nSPS) is 25.8. The minimum Gasteiger partial charge on any atom is -0.321 e. The van der Waals surface area contributed by atoms with E-state index in [9.17, 15) is 8.78 Å². The lowest BCUT2D eigenvalue weighted by Crippen LogP contribution is -2.45. The summed E-state index contributed by atoms with van der Waals surface area (Å²) in [6.07, 6.45) is 3.70. The first-order chi connectivity index (χ1) is 10.1. The Morgan fingerprint density at radius 1 is 1.00 bits per heavy atom. The first kappa shape index (κ1) is 14.2. The minimum atomic E-state index is -0.766. The molecule has 2 aromatic carbocycles. The maximum atomic E-state index is 14.2. The van der Waals surface area contributed by atoms with E-state index in [1.807, 2.05) is 30.3 Å². The SMILES string of the molecule is NC1(c2ccc(F)cc2F)CCCCC1c1ccccc1. The first-order valence-corrected chi connectivity index (χ1v) is 7.40. The maximum absolute atomic E-state index is 14.2. The van der Waals surface area contributed by atoms with Crippen LogP contribution in [0.1, 0.15) is 42.7 Å². The molecule has 110 valence electrons. The molecule has 0 saturated heterocycles. The number of hydrogen-bond acceptors (Lipinski definition) is 1. The third-order valence-electron chi connectivity index (χ3n) is 4.59. The summed E-state index contributed by atoms with van der Waals surface area (Å²) in [5.74, 6) is -1.04. The van der Waals surface area contributed by atoms with Gasteiger partial charge in [0, 0.05) is 17.5 Å². The van der Waals surface area contributed by atoms with Gasteiger partial charge in [0.05, 0.1) is 5.54 Å². The van der Waals surface area contributed by atoms with E-state index >= 15 is 0 Å². The molecule has 3 heteroatoms. The molecule has 3 rings (SSSR count). The molecule has 0 aromatic heterocycles. The van der Waals surface area contributed by atoms with Gasteiger partial charge >= 0.3 is 0 Å². The molecule has 1 fully saturated rings. The average molecular weight is 287 g/mol. The molecule has 2 N–H and O–H groups in total. The molecule has 2 aromatic rings. The van der Waals surface area contributed by atoms with Crippen LogP contribution >= 0.6 is 0 Å². The second kappa shape index (κ2) is 5.57. The molecule has 0 radical (unpaired) electrons. The standard InChI is InChI=1S/C18H19F2N/c19-14-9-10-16(17(20)12-14)18(21)11-5-4-8-15(18)13-6-2-1-3-7-13/h1-3,6-7,9-10,12,15H,4-5,8,11,21H2. The minimum absolute atomic E-state index is 0.0624. The lowest BCUT2D eigenvalue weighted by Gasteiger charge is -2.42. The Labute approximate surface area is 123 Å². The van der Waals surface area contributed by atoms with Crippen molar-refractivity contribution in [1.82, 2.24) is 0 Å². The topological polar surface area (TPSA) is 26.0 Å².